The summed E-state index contributed by atoms with van der Waals surface area (Å²) in [5.41, 5.74) is 1.41. The smallest absolute Gasteiger partial charge is 0.397 e. The molecule has 3 nitrogen and oxygen atoms in total. The Balaban J connectivity index is 2.29. The second kappa shape index (κ2) is 34.7. The van der Waals surface area contributed by atoms with Gasteiger partial charge in [-0.3, -0.25) is 0 Å². The summed E-state index contributed by atoms with van der Waals surface area (Å²) in [5, 5.41) is 0. The van der Waals surface area contributed by atoms with Crippen molar-refractivity contribution in [2.45, 2.75) is 213 Å². The predicted octanol–water partition coefficient (Wildman–Crippen LogP) is 15.2. The van der Waals surface area contributed by atoms with Gasteiger partial charge in [-0.25, -0.2) is 0 Å². The van der Waals surface area contributed by atoms with Crippen LogP contribution in [0, 0.1) is 0 Å². The summed E-state index contributed by atoms with van der Waals surface area (Å²) in [6.45, 7) is 8.34. The quantitative estimate of drug-likeness (QED) is 0.0535. The van der Waals surface area contributed by atoms with Gasteiger partial charge < -0.3 is 13.6 Å². The molecule has 4 heteroatoms. The average Bonchev–Trinajstić information content (AvgIpc) is 3.06. The highest BCUT2D eigenvalue weighted by Crippen LogP contribution is 2.41. The van der Waals surface area contributed by atoms with Gasteiger partial charge >= 0.3 is 8.60 Å². The highest BCUT2D eigenvalue weighted by atomic mass is 31.2. The SMILES string of the molecule is CCCCCCCCCCCCCOP(OCCCCCCCCCCCCC)Oc1ccc(CCCCCCCCC)cc1. The topological polar surface area (TPSA) is 27.7 Å². The number of aryl methyl sites for hydroxylation is 1. The highest BCUT2D eigenvalue weighted by Gasteiger charge is 2.15. The molecule has 0 radical (unpaired) electrons. The lowest BCUT2D eigenvalue weighted by Gasteiger charge is -2.17. The van der Waals surface area contributed by atoms with Gasteiger partial charge in [0.05, 0.1) is 13.2 Å². The first-order chi connectivity index (χ1) is 22.3. The number of unbranched alkanes of at least 4 members (excludes halogenated alkanes) is 26. The van der Waals surface area contributed by atoms with Gasteiger partial charge in [0, 0.05) is 0 Å². The van der Waals surface area contributed by atoms with Gasteiger partial charge in [-0.15, -0.1) is 0 Å². The molecule has 45 heavy (non-hydrogen) atoms. The van der Waals surface area contributed by atoms with Gasteiger partial charge in [0.1, 0.15) is 5.75 Å². The third-order valence-electron chi connectivity index (χ3n) is 9.06. The lowest BCUT2D eigenvalue weighted by Crippen LogP contribution is -2.01. The second-order valence-corrected chi connectivity index (χ2v) is 14.7. The van der Waals surface area contributed by atoms with Crippen molar-refractivity contribution in [3.63, 3.8) is 0 Å². The first-order valence-corrected chi connectivity index (χ1v) is 21.2. The van der Waals surface area contributed by atoms with Crippen LogP contribution in [-0.4, -0.2) is 13.2 Å². The van der Waals surface area contributed by atoms with E-state index in [9.17, 15) is 0 Å². The van der Waals surface area contributed by atoms with Crippen LogP contribution in [0.4, 0.5) is 0 Å². The molecule has 1 aromatic carbocycles. The molecule has 1 rings (SSSR count). The van der Waals surface area contributed by atoms with Crippen molar-refractivity contribution < 1.29 is 13.6 Å². The molecule has 0 saturated heterocycles. The van der Waals surface area contributed by atoms with E-state index in [1.54, 1.807) is 0 Å². The molecule has 0 bridgehead atoms. The summed E-state index contributed by atoms with van der Waals surface area (Å²) < 4.78 is 18.7. The van der Waals surface area contributed by atoms with Crippen LogP contribution in [0.5, 0.6) is 5.75 Å². The molecule has 0 N–H and O–H groups in total. The highest BCUT2D eigenvalue weighted by molar-refractivity contribution is 7.42. The minimum atomic E-state index is -1.34. The number of benzene rings is 1. The minimum Gasteiger partial charge on any atom is -0.427 e. The summed E-state index contributed by atoms with van der Waals surface area (Å²) in [6, 6.07) is 8.69. The summed E-state index contributed by atoms with van der Waals surface area (Å²) >= 11 is 0. The summed E-state index contributed by atoms with van der Waals surface area (Å²) in [7, 11) is -1.34. The van der Waals surface area contributed by atoms with E-state index in [1.165, 1.54) is 179 Å². The largest absolute Gasteiger partial charge is 0.427 e. The fourth-order valence-electron chi connectivity index (χ4n) is 5.99. The standard InChI is InChI=1S/C41H77O3P/c1-4-7-10-13-16-18-20-22-25-28-31-38-42-45(43-39-32-29-26-23-21-19-17-14-11-8-5-2)44-41-36-34-40(35-37-41)33-30-27-24-15-12-9-6-3/h34-37H,4-33,38-39H2,1-3H3. The van der Waals surface area contributed by atoms with Crippen molar-refractivity contribution in [1.82, 2.24) is 0 Å². The van der Waals surface area contributed by atoms with Crippen LogP contribution in [0.25, 0.3) is 0 Å². The summed E-state index contributed by atoms with van der Waals surface area (Å²) in [4.78, 5) is 0. The Labute approximate surface area is 283 Å². The van der Waals surface area contributed by atoms with Crippen molar-refractivity contribution in [2.24, 2.45) is 0 Å². The Kier molecular flexibility index (Phi) is 32.7. The van der Waals surface area contributed by atoms with E-state index in [-0.39, 0.29) is 0 Å². The third-order valence-corrected chi connectivity index (χ3v) is 10.2. The molecule has 1 aromatic rings. The number of hydrogen-bond donors (Lipinski definition) is 0. The van der Waals surface area contributed by atoms with Gasteiger partial charge in [-0.2, -0.15) is 0 Å². The lowest BCUT2D eigenvalue weighted by molar-refractivity contribution is 0.198. The molecule has 0 heterocycles. The lowest BCUT2D eigenvalue weighted by atomic mass is 10.0. The van der Waals surface area contributed by atoms with E-state index in [0.717, 1.165) is 38.2 Å². The maximum atomic E-state index is 6.27. The van der Waals surface area contributed by atoms with Crippen LogP contribution in [0.2, 0.25) is 0 Å². The summed E-state index contributed by atoms with van der Waals surface area (Å²) in [6.07, 6.45) is 40.3. The molecular formula is C41H77O3P. The van der Waals surface area contributed by atoms with Crippen molar-refractivity contribution in [1.29, 1.82) is 0 Å². The van der Waals surface area contributed by atoms with Crippen LogP contribution in [0.3, 0.4) is 0 Å². The molecule has 0 saturated carbocycles. The van der Waals surface area contributed by atoms with Crippen LogP contribution in [-0.2, 0) is 15.5 Å². The van der Waals surface area contributed by atoms with Gasteiger partial charge in [-0.1, -0.05) is 200 Å². The van der Waals surface area contributed by atoms with Crippen LogP contribution in [0.15, 0.2) is 24.3 Å². The Bertz CT molecular complexity index is 667. The average molecular weight is 649 g/mol. The molecule has 0 atom stereocenters. The van der Waals surface area contributed by atoms with E-state index in [4.69, 9.17) is 13.6 Å². The first-order valence-electron chi connectivity index (χ1n) is 20.1. The molecule has 264 valence electrons. The maximum Gasteiger partial charge on any atom is 0.397 e. The normalized spacial score (nSPS) is 11.6. The zero-order chi connectivity index (χ0) is 32.3. The zero-order valence-corrected chi connectivity index (χ0v) is 31.5. The minimum absolute atomic E-state index is 0.733. The van der Waals surface area contributed by atoms with E-state index < -0.39 is 8.60 Å². The van der Waals surface area contributed by atoms with Crippen LogP contribution in [0.1, 0.15) is 213 Å². The van der Waals surface area contributed by atoms with Gasteiger partial charge in [-0.05, 0) is 43.4 Å². The Hall–Kier alpha value is -0.630. The Morgan fingerprint density at radius 3 is 1.04 bits per heavy atom. The van der Waals surface area contributed by atoms with Crippen molar-refractivity contribution >= 4 is 8.60 Å². The van der Waals surface area contributed by atoms with Gasteiger partial charge in [0.2, 0.25) is 0 Å². The van der Waals surface area contributed by atoms with E-state index in [0.29, 0.717) is 0 Å². The number of hydrogen-bond acceptors (Lipinski definition) is 3. The fraction of sp³-hybridized carbons (Fsp3) is 0.854. The number of rotatable bonds is 36. The molecule has 0 aliphatic rings. The van der Waals surface area contributed by atoms with Crippen LogP contribution < -0.4 is 4.52 Å². The van der Waals surface area contributed by atoms with Crippen molar-refractivity contribution in [2.75, 3.05) is 13.2 Å². The van der Waals surface area contributed by atoms with E-state index >= 15 is 0 Å². The molecule has 0 aliphatic heterocycles. The molecular weight excluding hydrogens is 571 g/mol. The fourth-order valence-corrected chi connectivity index (χ4v) is 7.02. The van der Waals surface area contributed by atoms with E-state index in [2.05, 4.69) is 45.0 Å². The molecule has 0 aromatic heterocycles. The van der Waals surface area contributed by atoms with Crippen LogP contribution >= 0.6 is 8.60 Å². The molecule has 0 spiro atoms. The predicted molar refractivity (Wildman–Crippen MR) is 201 cm³/mol. The monoisotopic (exact) mass is 649 g/mol. The Morgan fingerprint density at radius 1 is 0.378 bits per heavy atom. The molecule has 0 amide bonds. The molecule has 0 unspecified atom stereocenters. The first kappa shape index (κ1) is 42.4. The van der Waals surface area contributed by atoms with Crippen molar-refractivity contribution in [3.05, 3.63) is 29.8 Å². The maximum absolute atomic E-state index is 6.27. The second-order valence-electron chi connectivity index (χ2n) is 13.6. The van der Waals surface area contributed by atoms with Crippen molar-refractivity contribution in [3.8, 4) is 5.75 Å². The van der Waals surface area contributed by atoms with Gasteiger partial charge in [0.25, 0.3) is 0 Å². The Morgan fingerprint density at radius 2 is 0.689 bits per heavy atom. The molecule has 0 aliphatic carbocycles. The summed E-state index contributed by atoms with van der Waals surface area (Å²) in [5.74, 6) is 0.877. The van der Waals surface area contributed by atoms with Gasteiger partial charge in [0.15, 0.2) is 0 Å². The van der Waals surface area contributed by atoms with E-state index in [1.807, 2.05) is 0 Å². The molecule has 0 fully saturated rings. The zero-order valence-electron chi connectivity index (χ0n) is 30.6. The third kappa shape index (κ3) is 29.3.